The summed E-state index contributed by atoms with van der Waals surface area (Å²) in [5.74, 6) is 0.111. The van der Waals surface area contributed by atoms with Crippen LogP contribution in [-0.4, -0.2) is 5.91 Å². The van der Waals surface area contributed by atoms with Gasteiger partial charge in [0.05, 0.1) is 11.7 Å². The summed E-state index contributed by atoms with van der Waals surface area (Å²) < 4.78 is 0. The molecule has 1 N–H and O–H groups in total. The Hall–Kier alpha value is -2.13. The molecule has 1 unspecified atom stereocenters. The van der Waals surface area contributed by atoms with Gasteiger partial charge in [-0.15, -0.1) is 0 Å². The summed E-state index contributed by atoms with van der Waals surface area (Å²) in [6, 6.07) is 16.4. The molecule has 3 rings (SSSR count). The lowest BCUT2D eigenvalue weighted by Gasteiger charge is -2.18. The highest BCUT2D eigenvalue weighted by molar-refractivity contribution is 5.95. The Morgan fingerprint density at radius 2 is 1.50 bits per heavy atom. The molecule has 2 aromatic carbocycles. The number of rotatable bonds is 2. The second-order valence-electron chi connectivity index (χ2n) is 5.36. The molecule has 102 valence electrons. The SMILES string of the molecule is Cc1ccc(C2CC(=O)N(c3ccc(C)cc3)N2)cc1. The molecule has 1 aliphatic heterocycles. The number of hydrogen-bond donors (Lipinski definition) is 1. The summed E-state index contributed by atoms with van der Waals surface area (Å²) in [5.41, 5.74) is 7.77. The minimum atomic E-state index is 0.0596. The highest BCUT2D eigenvalue weighted by atomic mass is 16.2. The van der Waals surface area contributed by atoms with E-state index in [0.29, 0.717) is 6.42 Å². The Morgan fingerprint density at radius 3 is 2.10 bits per heavy atom. The normalized spacial score (nSPS) is 18.6. The molecule has 2 aromatic rings. The predicted molar refractivity (Wildman–Crippen MR) is 80.3 cm³/mol. The van der Waals surface area contributed by atoms with Gasteiger partial charge < -0.3 is 0 Å². The monoisotopic (exact) mass is 266 g/mol. The topological polar surface area (TPSA) is 32.3 Å². The summed E-state index contributed by atoms with van der Waals surface area (Å²) in [6.07, 6.45) is 0.497. The summed E-state index contributed by atoms with van der Waals surface area (Å²) in [6.45, 7) is 4.10. The maximum absolute atomic E-state index is 12.2. The zero-order valence-electron chi connectivity index (χ0n) is 11.8. The number of carbonyl (C=O) groups excluding carboxylic acids is 1. The van der Waals surface area contributed by atoms with Crippen LogP contribution in [0.4, 0.5) is 5.69 Å². The third kappa shape index (κ3) is 2.45. The van der Waals surface area contributed by atoms with Gasteiger partial charge in [0.2, 0.25) is 5.91 Å². The molecule has 0 saturated carbocycles. The second kappa shape index (κ2) is 5.10. The minimum Gasteiger partial charge on any atom is -0.273 e. The lowest BCUT2D eigenvalue weighted by molar-refractivity contribution is -0.117. The first-order valence-corrected chi connectivity index (χ1v) is 6.86. The van der Waals surface area contributed by atoms with Gasteiger partial charge in [0, 0.05) is 6.42 Å². The van der Waals surface area contributed by atoms with Crippen LogP contribution in [-0.2, 0) is 4.79 Å². The maximum atomic E-state index is 12.2. The van der Waals surface area contributed by atoms with Crippen LogP contribution < -0.4 is 10.4 Å². The number of aryl methyl sites for hydroxylation is 2. The third-order valence-corrected chi connectivity index (χ3v) is 3.68. The van der Waals surface area contributed by atoms with Crippen LogP contribution >= 0.6 is 0 Å². The Morgan fingerprint density at radius 1 is 0.950 bits per heavy atom. The van der Waals surface area contributed by atoms with Crippen molar-refractivity contribution in [2.45, 2.75) is 26.3 Å². The molecule has 1 amide bonds. The number of benzene rings is 2. The average Bonchev–Trinajstić information content (AvgIpc) is 2.82. The molecule has 3 nitrogen and oxygen atoms in total. The number of nitrogens with zero attached hydrogens (tertiary/aromatic N) is 1. The number of carbonyl (C=O) groups is 1. The highest BCUT2D eigenvalue weighted by Gasteiger charge is 2.30. The first kappa shape index (κ1) is 12.9. The van der Waals surface area contributed by atoms with Crippen LogP contribution in [0.25, 0.3) is 0 Å². The van der Waals surface area contributed by atoms with Gasteiger partial charge in [-0.25, -0.2) is 10.4 Å². The van der Waals surface area contributed by atoms with Crippen LogP contribution in [0.2, 0.25) is 0 Å². The molecule has 1 fully saturated rings. The van der Waals surface area contributed by atoms with Crippen molar-refractivity contribution in [3.05, 3.63) is 65.2 Å². The van der Waals surface area contributed by atoms with Crippen molar-refractivity contribution in [1.29, 1.82) is 0 Å². The Balaban J connectivity index is 1.81. The molecule has 1 aliphatic rings. The van der Waals surface area contributed by atoms with Crippen molar-refractivity contribution in [2.75, 3.05) is 5.01 Å². The third-order valence-electron chi connectivity index (χ3n) is 3.68. The second-order valence-corrected chi connectivity index (χ2v) is 5.36. The summed E-state index contributed by atoms with van der Waals surface area (Å²) in [5, 5.41) is 1.66. The smallest absolute Gasteiger partial charge is 0.243 e. The Labute approximate surface area is 119 Å². The van der Waals surface area contributed by atoms with E-state index in [0.717, 1.165) is 11.3 Å². The fourth-order valence-electron chi connectivity index (χ4n) is 2.44. The van der Waals surface area contributed by atoms with Gasteiger partial charge in [0.25, 0.3) is 0 Å². The molecule has 1 atom stereocenters. The average molecular weight is 266 g/mol. The number of amides is 1. The number of anilines is 1. The quantitative estimate of drug-likeness (QED) is 0.904. The lowest BCUT2D eigenvalue weighted by Crippen LogP contribution is -2.35. The zero-order chi connectivity index (χ0) is 14.1. The predicted octanol–water partition coefficient (Wildman–Crippen LogP) is 3.29. The van der Waals surface area contributed by atoms with Gasteiger partial charge in [-0.3, -0.25) is 4.79 Å². The molecule has 20 heavy (non-hydrogen) atoms. The molecule has 1 heterocycles. The van der Waals surface area contributed by atoms with E-state index < -0.39 is 0 Å². The van der Waals surface area contributed by atoms with E-state index in [4.69, 9.17) is 0 Å². The largest absolute Gasteiger partial charge is 0.273 e. The minimum absolute atomic E-state index is 0.0596. The van der Waals surface area contributed by atoms with E-state index in [-0.39, 0.29) is 11.9 Å². The van der Waals surface area contributed by atoms with Crippen LogP contribution in [0.3, 0.4) is 0 Å². The van der Waals surface area contributed by atoms with E-state index in [1.54, 1.807) is 5.01 Å². The Kier molecular flexibility index (Phi) is 3.28. The van der Waals surface area contributed by atoms with Gasteiger partial charge in [-0.05, 0) is 31.5 Å². The molecule has 0 aliphatic carbocycles. The van der Waals surface area contributed by atoms with Crippen molar-refractivity contribution in [1.82, 2.24) is 5.43 Å². The van der Waals surface area contributed by atoms with Gasteiger partial charge in [0.1, 0.15) is 0 Å². The van der Waals surface area contributed by atoms with Gasteiger partial charge >= 0.3 is 0 Å². The Bertz CT molecular complexity index is 616. The van der Waals surface area contributed by atoms with Gasteiger partial charge in [-0.2, -0.15) is 0 Å². The number of nitrogens with one attached hydrogen (secondary N) is 1. The lowest BCUT2D eigenvalue weighted by atomic mass is 10.0. The van der Waals surface area contributed by atoms with E-state index in [9.17, 15) is 4.79 Å². The van der Waals surface area contributed by atoms with Crippen LogP contribution in [0, 0.1) is 13.8 Å². The van der Waals surface area contributed by atoms with Crippen LogP contribution in [0.1, 0.15) is 29.2 Å². The van der Waals surface area contributed by atoms with Crippen molar-refractivity contribution < 1.29 is 4.79 Å². The standard InChI is InChI=1S/C17H18N2O/c1-12-3-7-14(8-4-12)16-11-17(20)19(18-16)15-9-5-13(2)6-10-15/h3-10,16,18H,11H2,1-2H3. The van der Waals surface area contributed by atoms with Crippen molar-refractivity contribution in [3.8, 4) is 0 Å². The molecule has 3 heteroatoms. The van der Waals surface area contributed by atoms with E-state index in [1.807, 2.05) is 31.2 Å². The van der Waals surface area contributed by atoms with Crippen LogP contribution in [0.5, 0.6) is 0 Å². The van der Waals surface area contributed by atoms with Crippen molar-refractivity contribution in [3.63, 3.8) is 0 Å². The molecular weight excluding hydrogens is 248 g/mol. The highest BCUT2D eigenvalue weighted by Crippen LogP contribution is 2.27. The van der Waals surface area contributed by atoms with Gasteiger partial charge in [0.15, 0.2) is 0 Å². The maximum Gasteiger partial charge on any atom is 0.243 e. The molecule has 0 radical (unpaired) electrons. The van der Waals surface area contributed by atoms with Crippen molar-refractivity contribution >= 4 is 11.6 Å². The van der Waals surface area contributed by atoms with E-state index in [2.05, 4.69) is 36.6 Å². The molecule has 1 saturated heterocycles. The van der Waals surface area contributed by atoms with E-state index >= 15 is 0 Å². The molecule has 0 spiro atoms. The first-order valence-electron chi connectivity index (χ1n) is 6.86. The van der Waals surface area contributed by atoms with Crippen LogP contribution in [0.15, 0.2) is 48.5 Å². The zero-order valence-corrected chi connectivity index (χ0v) is 11.8. The number of hydrogen-bond acceptors (Lipinski definition) is 2. The van der Waals surface area contributed by atoms with Crippen molar-refractivity contribution in [2.24, 2.45) is 0 Å². The first-order chi connectivity index (χ1) is 9.63. The fourth-order valence-corrected chi connectivity index (χ4v) is 2.44. The fraction of sp³-hybridized carbons (Fsp3) is 0.235. The number of hydrazine groups is 1. The summed E-state index contributed by atoms with van der Waals surface area (Å²) >= 11 is 0. The summed E-state index contributed by atoms with van der Waals surface area (Å²) in [7, 11) is 0. The molecular formula is C17H18N2O. The molecule has 0 bridgehead atoms. The molecule has 0 aromatic heterocycles. The summed E-state index contributed by atoms with van der Waals surface area (Å²) in [4.78, 5) is 12.2. The van der Waals surface area contributed by atoms with Gasteiger partial charge in [-0.1, -0.05) is 47.5 Å². The van der Waals surface area contributed by atoms with E-state index in [1.165, 1.54) is 11.1 Å².